The summed E-state index contributed by atoms with van der Waals surface area (Å²) in [5.41, 5.74) is 1.91. The molecule has 0 saturated carbocycles. The van der Waals surface area contributed by atoms with Crippen molar-refractivity contribution in [1.29, 1.82) is 0 Å². The molecule has 2 aromatic heterocycles. The Balaban J connectivity index is 2.38. The number of aromatic nitrogens is 4. The van der Waals surface area contributed by atoms with Gasteiger partial charge in [-0.3, -0.25) is 0 Å². The first-order chi connectivity index (χ1) is 7.93. The molecule has 0 atom stereocenters. The molecule has 0 fully saturated rings. The lowest BCUT2D eigenvalue weighted by Gasteiger charge is -1.97. The van der Waals surface area contributed by atoms with Gasteiger partial charge in [0.15, 0.2) is 0 Å². The first-order valence-electron chi connectivity index (χ1n) is 4.69. The molecule has 0 amide bonds. The van der Waals surface area contributed by atoms with Gasteiger partial charge >= 0.3 is 0 Å². The molecule has 4 nitrogen and oxygen atoms in total. The number of hydrogen-bond acceptors (Lipinski definition) is 6. The predicted octanol–water partition coefficient (Wildman–Crippen LogP) is 2.85. The molecule has 0 N–H and O–H groups in total. The highest BCUT2D eigenvalue weighted by atomic mass is 32.1. The van der Waals surface area contributed by atoms with Gasteiger partial charge in [0.25, 0.3) is 0 Å². The van der Waals surface area contributed by atoms with Crippen LogP contribution in [-0.4, -0.2) is 19.2 Å². The second kappa shape index (κ2) is 2.93. The fraction of sp³-hybridized carbons (Fsp3) is 0. The van der Waals surface area contributed by atoms with Gasteiger partial charge < -0.3 is 0 Å². The fourth-order valence-electron chi connectivity index (χ4n) is 1.89. The molecular weight excluding hydrogens is 240 g/mol. The highest BCUT2D eigenvalue weighted by Gasteiger charge is 2.08. The van der Waals surface area contributed by atoms with Gasteiger partial charge in [0.2, 0.25) is 0 Å². The van der Waals surface area contributed by atoms with E-state index in [0.29, 0.717) is 0 Å². The van der Waals surface area contributed by atoms with Crippen LogP contribution in [-0.2, 0) is 0 Å². The third-order valence-electron chi connectivity index (χ3n) is 2.62. The lowest BCUT2D eigenvalue weighted by Crippen LogP contribution is -1.75. The van der Waals surface area contributed by atoms with Crippen LogP contribution >= 0.6 is 23.1 Å². The van der Waals surface area contributed by atoms with Crippen LogP contribution in [0.4, 0.5) is 0 Å². The fourth-order valence-corrected chi connectivity index (χ4v) is 3.27. The molecule has 0 aliphatic carbocycles. The van der Waals surface area contributed by atoms with Crippen LogP contribution in [0.1, 0.15) is 0 Å². The van der Waals surface area contributed by atoms with Gasteiger partial charge in [-0.2, -0.15) is 0 Å². The molecule has 2 aromatic carbocycles. The minimum absolute atomic E-state index is 0.953. The summed E-state index contributed by atoms with van der Waals surface area (Å²) < 4.78 is 10.2. The Labute approximate surface area is 97.9 Å². The zero-order chi connectivity index (χ0) is 10.5. The highest BCUT2D eigenvalue weighted by molar-refractivity contribution is 7.15. The number of hydrogen-bond donors (Lipinski definition) is 0. The molecule has 0 aliphatic heterocycles. The molecule has 4 aromatic rings. The third kappa shape index (κ3) is 0.975. The summed E-state index contributed by atoms with van der Waals surface area (Å²) in [6, 6.07) is 8.14. The van der Waals surface area contributed by atoms with Crippen molar-refractivity contribution in [3.8, 4) is 0 Å². The predicted molar refractivity (Wildman–Crippen MR) is 65.9 cm³/mol. The van der Waals surface area contributed by atoms with Crippen molar-refractivity contribution in [1.82, 2.24) is 19.2 Å². The van der Waals surface area contributed by atoms with E-state index < -0.39 is 0 Å². The normalized spacial score (nSPS) is 11.8. The maximum absolute atomic E-state index is 4.08. The molecule has 0 spiro atoms. The minimum Gasteiger partial charge on any atom is -0.138 e. The molecule has 0 saturated heterocycles. The monoisotopic (exact) mass is 244 g/mol. The molecular formula is C10H4N4S2. The zero-order valence-corrected chi connectivity index (χ0v) is 9.55. The molecule has 0 unspecified atom stereocenters. The Morgan fingerprint density at radius 3 is 1.69 bits per heavy atom. The average Bonchev–Trinajstić information content (AvgIpc) is 2.96. The van der Waals surface area contributed by atoms with Gasteiger partial charge in [-0.15, -0.1) is 10.2 Å². The first-order valence-corrected chi connectivity index (χ1v) is 6.24. The van der Waals surface area contributed by atoms with E-state index in [1.165, 1.54) is 33.8 Å². The lowest BCUT2D eigenvalue weighted by molar-refractivity contribution is 1.20. The quantitative estimate of drug-likeness (QED) is 0.477. The van der Waals surface area contributed by atoms with Crippen molar-refractivity contribution in [3.05, 3.63) is 24.3 Å². The Morgan fingerprint density at radius 2 is 1.19 bits per heavy atom. The van der Waals surface area contributed by atoms with Crippen molar-refractivity contribution in [2.75, 3.05) is 0 Å². The van der Waals surface area contributed by atoms with Crippen molar-refractivity contribution < 1.29 is 0 Å². The van der Waals surface area contributed by atoms with Gasteiger partial charge in [0, 0.05) is 10.8 Å². The maximum Gasteiger partial charge on any atom is 0.106 e. The summed E-state index contributed by atoms with van der Waals surface area (Å²) in [4.78, 5) is 0. The van der Waals surface area contributed by atoms with Crippen LogP contribution in [0, 0.1) is 0 Å². The maximum atomic E-state index is 4.08. The largest absolute Gasteiger partial charge is 0.138 e. The van der Waals surface area contributed by atoms with Gasteiger partial charge in [0.1, 0.15) is 11.0 Å². The van der Waals surface area contributed by atoms with E-state index in [2.05, 4.69) is 31.3 Å². The topological polar surface area (TPSA) is 51.6 Å². The van der Waals surface area contributed by atoms with E-state index in [1.807, 2.05) is 12.1 Å². The van der Waals surface area contributed by atoms with E-state index in [0.717, 1.165) is 20.4 Å². The molecule has 2 heterocycles. The average molecular weight is 244 g/mol. The van der Waals surface area contributed by atoms with Crippen LogP contribution in [0.5, 0.6) is 0 Å². The van der Waals surface area contributed by atoms with Gasteiger partial charge in [-0.05, 0) is 35.2 Å². The van der Waals surface area contributed by atoms with Crippen molar-refractivity contribution in [3.63, 3.8) is 0 Å². The minimum atomic E-state index is 0.953. The van der Waals surface area contributed by atoms with Crippen molar-refractivity contribution in [2.24, 2.45) is 0 Å². The molecule has 0 bridgehead atoms. The van der Waals surface area contributed by atoms with Crippen LogP contribution in [0.2, 0.25) is 0 Å². The van der Waals surface area contributed by atoms with Crippen LogP contribution in [0.3, 0.4) is 0 Å². The summed E-state index contributed by atoms with van der Waals surface area (Å²) in [7, 11) is 0. The van der Waals surface area contributed by atoms with Crippen LogP contribution in [0.15, 0.2) is 24.3 Å². The molecule has 76 valence electrons. The van der Waals surface area contributed by atoms with Gasteiger partial charge in [0.05, 0.1) is 9.40 Å². The van der Waals surface area contributed by atoms with E-state index in [1.54, 1.807) is 0 Å². The van der Waals surface area contributed by atoms with Crippen LogP contribution in [0.25, 0.3) is 31.2 Å². The SMILES string of the molecule is c1cc2c(ccc3nnsc32)c2snnc12. The van der Waals surface area contributed by atoms with Gasteiger partial charge in [-0.1, -0.05) is 21.1 Å². The van der Waals surface area contributed by atoms with Crippen molar-refractivity contribution in [2.45, 2.75) is 0 Å². The number of fused-ring (bicyclic) bond motifs is 5. The first kappa shape index (κ1) is 8.49. The van der Waals surface area contributed by atoms with E-state index in [9.17, 15) is 0 Å². The van der Waals surface area contributed by atoms with E-state index in [4.69, 9.17) is 0 Å². The molecule has 16 heavy (non-hydrogen) atoms. The molecule has 4 rings (SSSR count). The molecule has 0 radical (unpaired) electrons. The zero-order valence-electron chi connectivity index (χ0n) is 7.91. The number of nitrogens with zero attached hydrogens (tertiary/aromatic N) is 4. The summed E-state index contributed by atoms with van der Waals surface area (Å²) >= 11 is 2.86. The number of rotatable bonds is 0. The van der Waals surface area contributed by atoms with E-state index in [-0.39, 0.29) is 0 Å². The van der Waals surface area contributed by atoms with Gasteiger partial charge in [-0.25, -0.2) is 0 Å². The Kier molecular flexibility index (Phi) is 1.55. The van der Waals surface area contributed by atoms with E-state index >= 15 is 0 Å². The Bertz CT molecular complexity index is 747. The molecule has 6 heteroatoms. The Hall–Kier alpha value is -1.66. The molecule has 0 aliphatic rings. The highest BCUT2D eigenvalue weighted by Crippen LogP contribution is 2.32. The number of benzene rings is 2. The summed E-state index contributed by atoms with van der Waals surface area (Å²) in [5, 5.41) is 10.5. The smallest absolute Gasteiger partial charge is 0.106 e. The Morgan fingerprint density at radius 1 is 0.688 bits per heavy atom. The van der Waals surface area contributed by atoms with Crippen molar-refractivity contribution >= 4 is 54.3 Å². The third-order valence-corrected chi connectivity index (χ3v) is 4.17. The second-order valence-corrected chi connectivity index (χ2v) is 4.98. The van der Waals surface area contributed by atoms with Crippen LogP contribution < -0.4 is 0 Å². The second-order valence-electron chi connectivity index (χ2n) is 3.47. The summed E-state index contributed by atoms with van der Waals surface area (Å²) in [6.07, 6.45) is 0. The lowest BCUT2D eigenvalue weighted by atomic mass is 10.1. The summed E-state index contributed by atoms with van der Waals surface area (Å²) in [6.45, 7) is 0. The summed E-state index contributed by atoms with van der Waals surface area (Å²) in [5.74, 6) is 0. The standard InChI is InChI=1S/C10H4N4S2/c1-3-7-10(16-13-11-7)6-2-4-8-9(5(1)6)15-14-12-8/h1-4H.